The standard InChI is InChI=1S/C13H18FNO/c1-10-9-11(14)3-6-13(10)16-8-2-7-15-12-4-5-12/h3,6,9,12,15H,2,4-5,7-8H2,1H3. The van der Waals surface area contributed by atoms with Gasteiger partial charge in [0.2, 0.25) is 0 Å². The van der Waals surface area contributed by atoms with Gasteiger partial charge in [0, 0.05) is 6.04 Å². The number of benzene rings is 1. The summed E-state index contributed by atoms with van der Waals surface area (Å²) < 4.78 is 18.4. The molecular weight excluding hydrogens is 205 g/mol. The lowest BCUT2D eigenvalue weighted by Crippen LogP contribution is -2.19. The maximum atomic E-state index is 12.8. The third-order valence-electron chi connectivity index (χ3n) is 2.73. The molecule has 3 heteroatoms. The van der Waals surface area contributed by atoms with Crippen LogP contribution in [0.3, 0.4) is 0 Å². The van der Waals surface area contributed by atoms with Crippen LogP contribution >= 0.6 is 0 Å². The van der Waals surface area contributed by atoms with Crippen molar-refractivity contribution in [3.8, 4) is 5.75 Å². The van der Waals surface area contributed by atoms with E-state index < -0.39 is 0 Å². The fourth-order valence-corrected chi connectivity index (χ4v) is 1.62. The van der Waals surface area contributed by atoms with E-state index in [9.17, 15) is 4.39 Å². The monoisotopic (exact) mass is 223 g/mol. The van der Waals surface area contributed by atoms with Crippen molar-refractivity contribution in [2.45, 2.75) is 32.2 Å². The second-order valence-corrected chi connectivity index (χ2v) is 4.34. The van der Waals surface area contributed by atoms with E-state index >= 15 is 0 Å². The molecule has 2 rings (SSSR count). The van der Waals surface area contributed by atoms with Gasteiger partial charge in [-0.05, 0) is 56.5 Å². The van der Waals surface area contributed by atoms with Crippen LogP contribution in [-0.4, -0.2) is 19.2 Å². The number of nitrogens with one attached hydrogen (secondary N) is 1. The Bertz CT molecular complexity index is 350. The first-order chi connectivity index (χ1) is 7.75. The zero-order valence-electron chi connectivity index (χ0n) is 9.63. The molecule has 0 unspecified atom stereocenters. The highest BCUT2D eigenvalue weighted by atomic mass is 19.1. The van der Waals surface area contributed by atoms with Crippen LogP contribution in [0.1, 0.15) is 24.8 Å². The summed E-state index contributed by atoms with van der Waals surface area (Å²) in [6.07, 6.45) is 3.63. The predicted molar refractivity (Wildman–Crippen MR) is 62.3 cm³/mol. The summed E-state index contributed by atoms with van der Waals surface area (Å²) in [7, 11) is 0. The van der Waals surface area contributed by atoms with Crippen molar-refractivity contribution >= 4 is 0 Å². The summed E-state index contributed by atoms with van der Waals surface area (Å²) >= 11 is 0. The van der Waals surface area contributed by atoms with Gasteiger partial charge < -0.3 is 10.1 Å². The van der Waals surface area contributed by atoms with E-state index in [1.165, 1.54) is 25.0 Å². The molecule has 0 aromatic heterocycles. The summed E-state index contributed by atoms with van der Waals surface area (Å²) in [5.74, 6) is 0.577. The minimum absolute atomic E-state index is 0.208. The maximum Gasteiger partial charge on any atom is 0.123 e. The summed E-state index contributed by atoms with van der Waals surface area (Å²) in [6, 6.07) is 5.38. The fraction of sp³-hybridized carbons (Fsp3) is 0.538. The number of halogens is 1. The Hall–Kier alpha value is -1.09. The van der Waals surface area contributed by atoms with Crippen molar-refractivity contribution < 1.29 is 9.13 Å². The van der Waals surface area contributed by atoms with Gasteiger partial charge in [-0.15, -0.1) is 0 Å². The molecule has 0 radical (unpaired) electrons. The second kappa shape index (κ2) is 5.30. The van der Waals surface area contributed by atoms with Gasteiger partial charge in [0.15, 0.2) is 0 Å². The molecule has 1 aromatic carbocycles. The van der Waals surface area contributed by atoms with Crippen LogP contribution in [-0.2, 0) is 0 Å². The Morgan fingerprint density at radius 2 is 2.25 bits per heavy atom. The molecule has 0 aliphatic heterocycles. The Morgan fingerprint density at radius 1 is 1.44 bits per heavy atom. The molecule has 88 valence electrons. The summed E-state index contributed by atoms with van der Waals surface area (Å²) in [6.45, 7) is 3.55. The van der Waals surface area contributed by atoms with E-state index in [4.69, 9.17) is 4.74 Å². The number of hydrogen-bond acceptors (Lipinski definition) is 2. The van der Waals surface area contributed by atoms with Crippen molar-refractivity contribution in [2.75, 3.05) is 13.2 Å². The van der Waals surface area contributed by atoms with Crippen molar-refractivity contribution in [3.05, 3.63) is 29.6 Å². The highest BCUT2D eigenvalue weighted by Crippen LogP contribution is 2.19. The first-order valence-corrected chi connectivity index (χ1v) is 5.88. The van der Waals surface area contributed by atoms with Gasteiger partial charge in [0.05, 0.1) is 6.61 Å². The van der Waals surface area contributed by atoms with Gasteiger partial charge in [-0.3, -0.25) is 0 Å². The first kappa shape index (κ1) is 11.4. The molecule has 0 amide bonds. The lowest BCUT2D eigenvalue weighted by atomic mass is 10.2. The predicted octanol–water partition coefficient (Wildman–Crippen LogP) is 2.66. The van der Waals surface area contributed by atoms with Crippen LogP contribution in [0.5, 0.6) is 5.75 Å². The normalized spacial score (nSPS) is 15.1. The van der Waals surface area contributed by atoms with Gasteiger partial charge in [-0.25, -0.2) is 4.39 Å². The molecule has 0 saturated heterocycles. The molecular formula is C13H18FNO. The van der Waals surface area contributed by atoms with Gasteiger partial charge >= 0.3 is 0 Å². The van der Waals surface area contributed by atoms with Gasteiger partial charge in [0.25, 0.3) is 0 Å². The second-order valence-electron chi connectivity index (χ2n) is 4.34. The number of rotatable bonds is 6. The molecule has 0 spiro atoms. The molecule has 1 N–H and O–H groups in total. The van der Waals surface area contributed by atoms with Crippen LogP contribution in [0.4, 0.5) is 4.39 Å². The summed E-state index contributed by atoms with van der Waals surface area (Å²) in [5.41, 5.74) is 0.857. The SMILES string of the molecule is Cc1cc(F)ccc1OCCCNC1CC1. The molecule has 1 fully saturated rings. The average Bonchev–Trinajstić information content (AvgIpc) is 3.04. The van der Waals surface area contributed by atoms with Crippen molar-refractivity contribution in [1.29, 1.82) is 0 Å². The zero-order chi connectivity index (χ0) is 11.4. The fourth-order valence-electron chi connectivity index (χ4n) is 1.62. The average molecular weight is 223 g/mol. The van der Waals surface area contributed by atoms with E-state index in [1.807, 2.05) is 6.92 Å². The van der Waals surface area contributed by atoms with Crippen LogP contribution < -0.4 is 10.1 Å². The zero-order valence-corrected chi connectivity index (χ0v) is 9.63. The summed E-state index contributed by atoms with van der Waals surface area (Å²) in [4.78, 5) is 0. The Balaban J connectivity index is 1.67. The third-order valence-corrected chi connectivity index (χ3v) is 2.73. The van der Waals surface area contributed by atoms with E-state index in [0.717, 1.165) is 30.3 Å². The Kier molecular flexibility index (Phi) is 3.78. The molecule has 0 atom stereocenters. The number of ether oxygens (including phenoxy) is 1. The maximum absolute atomic E-state index is 12.8. The third kappa shape index (κ3) is 3.49. The van der Waals surface area contributed by atoms with E-state index in [2.05, 4.69) is 5.32 Å². The van der Waals surface area contributed by atoms with Crippen LogP contribution in [0.2, 0.25) is 0 Å². The smallest absolute Gasteiger partial charge is 0.123 e. The Morgan fingerprint density at radius 3 is 2.94 bits per heavy atom. The van der Waals surface area contributed by atoms with Crippen LogP contribution in [0.25, 0.3) is 0 Å². The van der Waals surface area contributed by atoms with Gasteiger partial charge in [0.1, 0.15) is 11.6 Å². The molecule has 1 saturated carbocycles. The molecule has 2 nitrogen and oxygen atoms in total. The molecule has 16 heavy (non-hydrogen) atoms. The van der Waals surface area contributed by atoms with E-state index in [0.29, 0.717) is 6.61 Å². The largest absolute Gasteiger partial charge is 0.493 e. The van der Waals surface area contributed by atoms with Gasteiger partial charge in [-0.1, -0.05) is 0 Å². The van der Waals surface area contributed by atoms with Crippen molar-refractivity contribution in [1.82, 2.24) is 5.32 Å². The lowest BCUT2D eigenvalue weighted by Gasteiger charge is -2.09. The van der Waals surface area contributed by atoms with Crippen molar-refractivity contribution in [2.24, 2.45) is 0 Å². The highest BCUT2D eigenvalue weighted by molar-refractivity contribution is 5.32. The Labute approximate surface area is 95.8 Å². The molecule has 0 heterocycles. The minimum Gasteiger partial charge on any atom is -0.493 e. The van der Waals surface area contributed by atoms with Gasteiger partial charge in [-0.2, -0.15) is 0 Å². The van der Waals surface area contributed by atoms with Crippen LogP contribution in [0.15, 0.2) is 18.2 Å². The first-order valence-electron chi connectivity index (χ1n) is 5.88. The molecule has 0 bridgehead atoms. The minimum atomic E-state index is -0.208. The number of aryl methyl sites for hydroxylation is 1. The lowest BCUT2D eigenvalue weighted by molar-refractivity contribution is 0.305. The quantitative estimate of drug-likeness (QED) is 0.749. The molecule has 1 aromatic rings. The molecule has 1 aliphatic carbocycles. The van der Waals surface area contributed by atoms with Crippen molar-refractivity contribution in [3.63, 3.8) is 0 Å². The topological polar surface area (TPSA) is 21.3 Å². The highest BCUT2D eigenvalue weighted by Gasteiger charge is 2.19. The number of hydrogen-bond donors (Lipinski definition) is 1. The molecule has 1 aliphatic rings. The summed E-state index contributed by atoms with van der Waals surface area (Å²) in [5, 5.41) is 3.43. The van der Waals surface area contributed by atoms with Crippen LogP contribution in [0, 0.1) is 12.7 Å². The van der Waals surface area contributed by atoms with E-state index in [-0.39, 0.29) is 5.82 Å². The van der Waals surface area contributed by atoms with E-state index in [1.54, 1.807) is 6.07 Å².